The third-order valence-electron chi connectivity index (χ3n) is 3.88. The Morgan fingerprint density at radius 2 is 1.81 bits per heavy atom. The smallest absolute Gasteiger partial charge is 0.221 e. The van der Waals surface area contributed by atoms with Gasteiger partial charge < -0.3 is 10.5 Å². The number of fused-ring (bicyclic) bond motifs is 1. The number of primary amides is 1. The predicted molar refractivity (Wildman–Crippen MR) is 82.2 cm³/mol. The summed E-state index contributed by atoms with van der Waals surface area (Å²) in [7, 11) is 0. The van der Waals surface area contributed by atoms with Gasteiger partial charge in [0.05, 0.1) is 13.0 Å². The highest BCUT2D eigenvalue weighted by Gasteiger charge is 2.19. The highest BCUT2D eigenvalue weighted by atomic mass is 16.5. The molecule has 2 aromatic rings. The minimum atomic E-state index is -0.292. The largest absolute Gasteiger partial charge is 0.493 e. The Bertz CT molecular complexity index is 634. The normalized spacial score (nSPS) is 16.9. The van der Waals surface area contributed by atoms with Crippen LogP contribution in [0.2, 0.25) is 0 Å². The summed E-state index contributed by atoms with van der Waals surface area (Å²) in [4.78, 5) is 10.9. The molecule has 0 bridgehead atoms. The molecule has 3 nitrogen and oxygen atoms in total. The first kappa shape index (κ1) is 13.7. The molecule has 0 saturated carbocycles. The number of hydrogen-bond acceptors (Lipinski definition) is 2. The van der Waals surface area contributed by atoms with E-state index in [9.17, 15) is 4.79 Å². The predicted octanol–water partition coefficient (Wildman–Crippen LogP) is 2.51. The van der Waals surface area contributed by atoms with Crippen molar-refractivity contribution in [1.29, 1.82) is 0 Å². The molecule has 2 aromatic carbocycles. The van der Waals surface area contributed by atoms with Crippen molar-refractivity contribution in [2.75, 3.05) is 6.61 Å². The van der Waals surface area contributed by atoms with E-state index in [1.807, 2.05) is 24.3 Å². The number of para-hydroxylation sites is 1. The van der Waals surface area contributed by atoms with Crippen LogP contribution in [0.1, 0.15) is 16.7 Å². The van der Waals surface area contributed by atoms with Crippen molar-refractivity contribution in [2.24, 2.45) is 11.7 Å². The number of nitrogens with two attached hydrogens (primary N) is 1. The first-order valence-corrected chi connectivity index (χ1v) is 7.27. The molecule has 1 unspecified atom stereocenters. The standard InChI is InChI=1S/C18H19NO2/c19-18(20)11-14-7-5-13(6-8-14)9-15-10-16-3-1-2-4-17(16)21-12-15/h1-8,15H,9-12H2,(H2,19,20). The summed E-state index contributed by atoms with van der Waals surface area (Å²) in [6.07, 6.45) is 2.35. The van der Waals surface area contributed by atoms with E-state index in [-0.39, 0.29) is 5.91 Å². The van der Waals surface area contributed by atoms with Gasteiger partial charge in [0.15, 0.2) is 0 Å². The molecule has 0 fully saturated rings. The first-order chi connectivity index (χ1) is 10.2. The highest BCUT2D eigenvalue weighted by molar-refractivity contribution is 5.76. The van der Waals surface area contributed by atoms with Gasteiger partial charge in [-0.2, -0.15) is 0 Å². The Kier molecular flexibility index (Phi) is 3.91. The lowest BCUT2D eigenvalue weighted by Crippen LogP contribution is -2.22. The van der Waals surface area contributed by atoms with E-state index in [1.165, 1.54) is 11.1 Å². The number of hydrogen-bond donors (Lipinski definition) is 1. The molecular weight excluding hydrogens is 262 g/mol. The van der Waals surface area contributed by atoms with Gasteiger partial charge in [-0.15, -0.1) is 0 Å². The van der Waals surface area contributed by atoms with Crippen LogP contribution < -0.4 is 10.5 Å². The lowest BCUT2D eigenvalue weighted by molar-refractivity contribution is -0.117. The Labute approximate surface area is 124 Å². The molecule has 0 saturated heterocycles. The minimum Gasteiger partial charge on any atom is -0.493 e. The van der Waals surface area contributed by atoms with Crippen LogP contribution >= 0.6 is 0 Å². The van der Waals surface area contributed by atoms with Crippen molar-refractivity contribution < 1.29 is 9.53 Å². The second-order valence-electron chi connectivity index (χ2n) is 5.65. The second kappa shape index (κ2) is 6.00. The molecule has 1 amide bonds. The molecule has 1 atom stereocenters. The lowest BCUT2D eigenvalue weighted by atomic mass is 9.90. The molecule has 0 spiro atoms. The van der Waals surface area contributed by atoms with Gasteiger partial charge >= 0.3 is 0 Å². The van der Waals surface area contributed by atoms with E-state index in [2.05, 4.69) is 24.3 Å². The maximum Gasteiger partial charge on any atom is 0.221 e. The topological polar surface area (TPSA) is 52.3 Å². The molecule has 3 rings (SSSR count). The van der Waals surface area contributed by atoms with E-state index >= 15 is 0 Å². The van der Waals surface area contributed by atoms with E-state index in [1.54, 1.807) is 0 Å². The molecule has 3 heteroatoms. The number of ether oxygens (including phenoxy) is 1. The first-order valence-electron chi connectivity index (χ1n) is 7.27. The van der Waals surface area contributed by atoms with Crippen molar-refractivity contribution in [3.63, 3.8) is 0 Å². The molecule has 0 aliphatic carbocycles. The Morgan fingerprint density at radius 1 is 1.10 bits per heavy atom. The second-order valence-corrected chi connectivity index (χ2v) is 5.65. The van der Waals surface area contributed by atoms with Crippen molar-refractivity contribution in [3.05, 3.63) is 65.2 Å². The van der Waals surface area contributed by atoms with Gasteiger partial charge in [-0.05, 0) is 35.6 Å². The summed E-state index contributed by atoms with van der Waals surface area (Å²) in [5.74, 6) is 1.23. The molecule has 1 heterocycles. The van der Waals surface area contributed by atoms with Crippen molar-refractivity contribution in [2.45, 2.75) is 19.3 Å². The van der Waals surface area contributed by atoms with E-state index in [0.29, 0.717) is 12.3 Å². The van der Waals surface area contributed by atoms with E-state index < -0.39 is 0 Å². The fourth-order valence-corrected chi connectivity index (χ4v) is 2.85. The molecule has 0 radical (unpaired) electrons. The molecule has 2 N–H and O–H groups in total. The van der Waals surface area contributed by atoms with Gasteiger partial charge in [-0.25, -0.2) is 0 Å². The van der Waals surface area contributed by atoms with Gasteiger partial charge in [0.25, 0.3) is 0 Å². The maximum atomic E-state index is 10.9. The van der Waals surface area contributed by atoms with Crippen molar-refractivity contribution in [1.82, 2.24) is 0 Å². The quantitative estimate of drug-likeness (QED) is 0.936. The summed E-state index contributed by atoms with van der Waals surface area (Å²) in [6.45, 7) is 0.764. The monoisotopic (exact) mass is 281 g/mol. The average Bonchev–Trinajstić information content (AvgIpc) is 2.49. The van der Waals surface area contributed by atoms with Gasteiger partial charge in [-0.3, -0.25) is 4.79 Å². The Morgan fingerprint density at radius 3 is 2.57 bits per heavy atom. The molecule has 0 aromatic heterocycles. The number of carbonyl (C=O) groups excluding carboxylic acids is 1. The summed E-state index contributed by atoms with van der Waals surface area (Å²) < 4.78 is 5.82. The third kappa shape index (κ3) is 3.43. The van der Waals surface area contributed by atoms with Crippen LogP contribution in [-0.2, 0) is 24.1 Å². The van der Waals surface area contributed by atoms with Gasteiger partial charge in [0.2, 0.25) is 5.91 Å². The van der Waals surface area contributed by atoms with Crippen molar-refractivity contribution >= 4 is 5.91 Å². The fourth-order valence-electron chi connectivity index (χ4n) is 2.85. The third-order valence-corrected chi connectivity index (χ3v) is 3.88. The molecule has 21 heavy (non-hydrogen) atoms. The van der Waals surface area contributed by atoms with Crippen LogP contribution in [0.15, 0.2) is 48.5 Å². The van der Waals surface area contributed by atoms with Crippen LogP contribution in [0.25, 0.3) is 0 Å². The summed E-state index contributed by atoms with van der Waals surface area (Å²) in [5.41, 5.74) is 8.74. The van der Waals surface area contributed by atoms with Crippen LogP contribution in [0.5, 0.6) is 5.75 Å². The van der Waals surface area contributed by atoms with Crippen LogP contribution in [0, 0.1) is 5.92 Å². The summed E-state index contributed by atoms with van der Waals surface area (Å²) in [5, 5.41) is 0. The molecule has 1 aliphatic rings. The van der Waals surface area contributed by atoms with Crippen LogP contribution in [0.4, 0.5) is 0 Å². The van der Waals surface area contributed by atoms with Gasteiger partial charge in [-0.1, -0.05) is 42.5 Å². The molecule has 108 valence electrons. The zero-order valence-electron chi connectivity index (χ0n) is 11.9. The number of rotatable bonds is 4. The number of carbonyl (C=O) groups is 1. The number of amides is 1. The Balaban J connectivity index is 1.64. The van der Waals surface area contributed by atoms with Gasteiger partial charge in [0, 0.05) is 5.92 Å². The van der Waals surface area contributed by atoms with Crippen LogP contribution in [-0.4, -0.2) is 12.5 Å². The summed E-state index contributed by atoms with van der Waals surface area (Å²) >= 11 is 0. The maximum absolute atomic E-state index is 10.9. The minimum absolute atomic E-state index is 0.292. The zero-order chi connectivity index (χ0) is 14.7. The Hall–Kier alpha value is -2.29. The van der Waals surface area contributed by atoms with Gasteiger partial charge in [0.1, 0.15) is 5.75 Å². The molecular formula is C18H19NO2. The SMILES string of the molecule is NC(=O)Cc1ccc(CC2COc3ccccc3C2)cc1. The van der Waals surface area contributed by atoms with E-state index in [4.69, 9.17) is 10.5 Å². The van der Waals surface area contributed by atoms with E-state index in [0.717, 1.165) is 30.8 Å². The summed E-state index contributed by atoms with van der Waals surface area (Å²) in [6, 6.07) is 16.4. The van der Waals surface area contributed by atoms with Crippen molar-refractivity contribution in [3.8, 4) is 5.75 Å². The fraction of sp³-hybridized carbons (Fsp3) is 0.278. The average molecular weight is 281 g/mol. The zero-order valence-corrected chi connectivity index (χ0v) is 11.9. The van der Waals surface area contributed by atoms with Crippen LogP contribution in [0.3, 0.4) is 0 Å². The highest BCUT2D eigenvalue weighted by Crippen LogP contribution is 2.28. The number of benzene rings is 2. The lowest BCUT2D eigenvalue weighted by Gasteiger charge is -2.25. The molecule has 1 aliphatic heterocycles.